The average Bonchev–Trinajstić information content (AvgIpc) is 3.27. The van der Waals surface area contributed by atoms with Crippen molar-refractivity contribution in [2.75, 3.05) is 19.0 Å². The highest BCUT2D eigenvalue weighted by Crippen LogP contribution is 2.25. The van der Waals surface area contributed by atoms with Crippen LogP contribution >= 0.6 is 0 Å². The molecule has 8 heteroatoms. The molecule has 0 aliphatic carbocycles. The summed E-state index contributed by atoms with van der Waals surface area (Å²) in [6, 6.07) is 9.19. The van der Waals surface area contributed by atoms with E-state index in [2.05, 4.69) is 10.5 Å². The summed E-state index contributed by atoms with van der Waals surface area (Å²) in [5.41, 5.74) is 4.18. The van der Waals surface area contributed by atoms with E-state index in [1.54, 1.807) is 18.2 Å². The molecule has 0 aliphatic rings. The van der Waals surface area contributed by atoms with Crippen LogP contribution in [0.1, 0.15) is 28.3 Å². The number of aryl methyl sites for hydroxylation is 3. The third-order valence-corrected chi connectivity index (χ3v) is 4.69. The lowest BCUT2D eigenvalue weighted by atomic mass is 10.2. The molecule has 0 unspecified atom stereocenters. The van der Waals surface area contributed by atoms with Crippen LogP contribution in [0.5, 0.6) is 5.75 Å². The van der Waals surface area contributed by atoms with Gasteiger partial charge in [0.05, 0.1) is 12.8 Å². The fourth-order valence-corrected chi connectivity index (χ4v) is 3.22. The van der Waals surface area contributed by atoms with Crippen molar-refractivity contribution in [1.29, 1.82) is 0 Å². The molecule has 31 heavy (non-hydrogen) atoms. The first-order valence-electron chi connectivity index (χ1n) is 9.70. The van der Waals surface area contributed by atoms with Crippen molar-refractivity contribution in [2.45, 2.75) is 27.7 Å². The van der Waals surface area contributed by atoms with Crippen LogP contribution in [-0.4, -0.2) is 35.3 Å². The highest BCUT2D eigenvalue weighted by atomic mass is 16.5. The Bertz CT molecular complexity index is 1140. The van der Waals surface area contributed by atoms with E-state index >= 15 is 0 Å². The van der Waals surface area contributed by atoms with Crippen molar-refractivity contribution in [2.24, 2.45) is 0 Å². The summed E-state index contributed by atoms with van der Waals surface area (Å²) in [6.45, 7) is 7.19. The van der Waals surface area contributed by atoms with E-state index in [1.165, 1.54) is 13.2 Å². The lowest BCUT2D eigenvalue weighted by molar-refractivity contribution is -0.142. The Morgan fingerprint density at radius 2 is 1.94 bits per heavy atom. The third-order valence-electron chi connectivity index (χ3n) is 4.69. The van der Waals surface area contributed by atoms with Crippen LogP contribution in [0.15, 0.2) is 40.9 Å². The minimum atomic E-state index is -0.617. The van der Waals surface area contributed by atoms with Gasteiger partial charge in [0.1, 0.15) is 11.5 Å². The molecule has 1 amide bonds. The number of hydrogen-bond donors (Lipinski definition) is 1. The lowest BCUT2D eigenvalue weighted by Gasteiger charge is -2.10. The SMILES string of the molecule is COc1ccc(C)cc1NC(=O)COC(=O)/C=C/c1cc(C)n(-c2cc(C)on2)c1C. The molecular formula is C23H25N3O5. The number of aromatic nitrogens is 2. The number of nitrogens with one attached hydrogen (secondary N) is 1. The van der Waals surface area contributed by atoms with E-state index in [-0.39, 0.29) is 0 Å². The van der Waals surface area contributed by atoms with Gasteiger partial charge in [0.15, 0.2) is 12.4 Å². The van der Waals surface area contributed by atoms with E-state index in [9.17, 15) is 9.59 Å². The molecule has 162 valence electrons. The predicted molar refractivity (Wildman–Crippen MR) is 116 cm³/mol. The van der Waals surface area contributed by atoms with Gasteiger partial charge >= 0.3 is 5.97 Å². The number of ether oxygens (including phenoxy) is 2. The first-order chi connectivity index (χ1) is 14.8. The molecule has 0 saturated carbocycles. The topological polar surface area (TPSA) is 95.6 Å². The van der Waals surface area contributed by atoms with Crippen molar-refractivity contribution in [3.8, 4) is 11.6 Å². The van der Waals surface area contributed by atoms with Crippen molar-refractivity contribution in [3.05, 3.63) is 64.7 Å². The van der Waals surface area contributed by atoms with Crippen LogP contribution < -0.4 is 10.1 Å². The highest BCUT2D eigenvalue weighted by molar-refractivity contribution is 5.95. The van der Waals surface area contributed by atoms with Crippen molar-refractivity contribution < 1.29 is 23.6 Å². The molecule has 0 saturated heterocycles. The zero-order valence-electron chi connectivity index (χ0n) is 18.2. The fraction of sp³-hybridized carbons (Fsp3) is 0.261. The Labute approximate surface area is 180 Å². The van der Waals surface area contributed by atoms with Gasteiger partial charge in [-0.1, -0.05) is 11.2 Å². The highest BCUT2D eigenvalue weighted by Gasteiger charge is 2.13. The molecule has 0 fully saturated rings. The molecule has 3 aromatic rings. The van der Waals surface area contributed by atoms with Gasteiger partial charge in [-0.25, -0.2) is 4.79 Å². The lowest BCUT2D eigenvalue weighted by Crippen LogP contribution is -2.20. The maximum Gasteiger partial charge on any atom is 0.331 e. The standard InChI is InChI=1S/C23H25N3O5/c1-14-6-8-20(29-5)19(10-14)24-22(27)13-30-23(28)9-7-18-11-15(2)26(17(18)4)21-12-16(3)31-25-21/h6-12H,13H2,1-5H3,(H,24,27)/b9-7+. The Morgan fingerprint density at radius 3 is 2.61 bits per heavy atom. The fourth-order valence-electron chi connectivity index (χ4n) is 3.22. The Morgan fingerprint density at radius 1 is 1.16 bits per heavy atom. The van der Waals surface area contributed by atoms with Crippen molar-refractivity contribution >= 4 is 23.6 Å². The summed E-state index contributed by atoms with van der Waals surface area (Å²) >= 11 is 0. The summed E-state index contributed by atoms with van der Waals surface area (Å²) in [4.78, 5) is 24.2. The molecule has 0 atom stereocenters. The Hall–Kier alpha value is -3.81. The van der Waals surface area contributed by atoms with Crippen LogP contribution in [0.3, 0.4) is 0 Å². The summed E-state index contributed by atoms with van der Waals surface area (Å²) < 4.78 is 17.4. The molecule has 0 bridgehead atoms. The second-order valence-electron chi connectivity index (χ2n) is 7.15. The number of benzene rings is 1. The molecule has 0 aliphatic heterocycles. The zero-order valence-corrected chi connectivity index (χ0v) is 18.2. The number of amides is 1. The molecule has 1 aromatic carbocycles. The van der Waals surface area contributed by atoms with Crippen LogP contribution in [0.25, 0.3) is 11.9 Å². The minimum absolute atomic E-state index is 0.405. The first kappa shape index (κ1) is 21.9. The summed E-state index contributed by atoms with van der Waals surface area (Å²) in [5.74, 6) is 0.851. The van der Waals surface area contributed by atoms with Gasteiger partial charge in [0.2, 0.25) is 0 Å². The van der Waals surface area contributed by atoms with Gasteiger partial charge in [0.25, 0.3) is 5.91 Å². The van der Waals surface area contributed by atoms with Crippen molar-refractivity contribution in [3.63, 3.8) is 0 Å². The normalized spacial score (nSPS) is 11.0. The van der Waals surface area contributed by atoms with Crippen LogP contribution in [0.2, 0.25) is 0 Å². The largest absolute Gasteiger partial charge is 0.495 e. The number of rotatable bonds is 7. The minimum Gasteiger partial charge on any atom is -0.495 e. The van der Waals surface area contributed by atoms with Gasteiger partial charge in [-0.2, -0.15) is 0 Å². The summed E-state index contributed by atoms with van der Waals surface area (Å²) in [7, 11) is 1.52. The molecule has 8 nitrogen and oxygen atoms in total. The van der Waals surface area contributed by atoms with E-state index in [0.29, 0.717) is 23.0 Å². The number of methoxy groups -OCH3 is 1. The van der Waals surface area contributed by atoms with Gasteiger partial charge < -0.3 is 19.3 Å². The zero-order chi connectivity index (χ0) is 22.5. The maximum atomic E-state index is 12.1. The van der Waals surface area contributed by atoms with E-state index < -0.39 is 18.5 Å². The molecule has 1 N–H and O–H groups in total. The van der Waals surface area contributed by atoms with Crippen molar-refractivity contribution in [1.82, 2.24) is 9.72 Å². The van der Waals surface area contributed by atoms with Gasteiger partial charge in [-0.05, 0) is 63.1 Å². The molecular weight excluding hydrogens is 398 g/mol. The third kappa shape index (κ3) is 5.22. The van der Waals surface area contributed by atoms with E-state index in [4.69, 9.17) is 14.0 Å². The smallest absolute Gasteiger partial charge is 0.331 e. The Kier molecular flexibility index (Phi) is 6.59. The number of nitrogens with zero attached hydrogens (tertiary/aromatic N) is 2. The van der Waals surface area contributed by atoms with Gasteiger partial charge in [-0.3, -0.25) is 9.36 Å². The number of anilines is 1. The first-order valence-corrected chi connectivity index (χ1v) is 9.70. The summed E-state index contributed by atoms with van der Waals surface area (Å²) in [5, 5.41) is 6.72. The van der Waals surface area contributed by atoms with Crippen LogP contribution in [0.4, 0.5) is 5.69 Å². The summed E-state index contributed by atoms with van der Waals surface area (Å²) in [6.07, 6.45) is 2.94. The molecule has 3 rings (SSSR count). The quantitative estimate of drug-likeness (QED) is 0.457. The van der Waals surface area contributed by atoms with Crippen LogP contribution in [-0.2, 0) is 14.3 Å². The monoisotopic (exact) mass is 423 g/mol. The molecule has 0 radical (unpaired) electrons. The van der Waals surface area contributed by atoms with E-state index in [0.717, 1.165) is 22.5 Å². The number of carbonyl (C=O) groups excluding carboxylic acids is 2. The van der Waals surface area contributed by atoms with Gasteiger partial charge in [-0.15, -0.1) is 0 Å². The number of hydrogen-bond acceptors (Lipinski definition) is 6. The van der Waals surface area contributed by atoms with Gasteiger partial charge in [0, 0.05) is 23.5 Å². The van der Waals surface area contributed by atoms with E-state index in [1.807, 2.05) is 50.5 Å². The maximum absolute atomic E-state index is 12.1. The average molecular weight is 423 g/mol. The number of carbonyl (C=O) groups is 2. The number of esters is 1. The molecule has 2 heterocycles. The predicted octanol–water partition coefficient (Wildman–Crippen LogP) is 3.90. The molecule has 0 spiro atoms. The van der Waals surface area contributed by atoms with Crippen LogP contribution in [0, 0.1) is 27.7 Å². The Balaban J connectivity index is 1.60. The second-order valence-corrected chi connectivity index (χ2v) is 7.15. The second kappa shape index (κ2) is 9.34. The molecule has 2 aromatic heterocycles.